The van der Waals surface area contributed by atoms with E-state index in [1.54, 1.807) is 0 Å². The molecule has 0 radical (unpaired) electrons. The molecule has 134 valence electrons. The molecule has 2 aliphatic rings. The van der Waals surface area contributed by atoms with Gasteiger partial charge in [-0.2, -0.15) is 0 Å². The first-order valence-corrected chi connectivity index (χ1v) is 9.33. The molecule has 0 amide bonds. The number of likely N-dealkylation sites (tertiary alicyclic amines) is 1. The number of rotatable bonds is 6. The Bertz CT molecular complexity index is 485. The maximum atomic E-state index is 5.78. The van der Waals surface area contributed by atoms with Crippen molar-refractivity contribution in [3.05, 3.63) is 30.1 Å². The standard InChI is InChI=1S/C19H32N4O/c1-19(2)16-23(13-14-24-19)12-9-21-17-6-10-22(11-7-17)15-18-5-3-4-8-20-18/h3-5,8,17,21H,6-7,9-16H2,1-2H3. The number of nitrogens with zero attached hydrogens (tertiary/aromatic N) is 3. The Morgan fingerprint density at radius 1 is 1.21 bits per heavy atom. The van der Waals surface area contributed by atoms with Gasteiger partial charge >= 0.3 is 0 Å². The van der Waals surface area contributed by atoms with Crippen LogP contribution in [0.1, 0.15) is 32.4 Å². The Balaban J connectivity index is 1.31. The smallest absolute Gasteiger partial charge is 0.0753 e. The highest BCUT2D eigenvalue weighted by molar-refractivity contribution is 5.03. The van der Waals surface area contributed by atoms with Crippen molar-refractivity contribution in [2.45, 2.75) is 44.9 Å². The fourth-order valence-electron chi connectivity index (χ4n) is 3.75. The van der Waals surface area contributed by atoms with Crippen LogP contribution in [-0.2, 0) is 11.3 Å². The predicted molar refractivity (Wildman–Crippen MR) is 97.0 cm³/mol. The zero-order chi connectivity index (χ0) is 16.8. The van der Waals surface area contributed by atoms with E-state index in [4.69, 9.17) is 4.74 Å². The Kier molecular flexibility index (Phi) is 6.22. The Morgan fingerprint density at radius 2 is 2.04 bits per heavy atom. The predicted octanol–water partition coefficient (Wildman–Crippen LogP) is 1.75. The molecule has 0 spiro atoms. The van der Waals surface area contributed by atoms with Crippen LogP contribution < -0.4 is 5.32 Å². The maximum absolute atomic E-state index is 5.78. The average Bonchev–Trinajstić information content (AvgIpc) is 2.57. The van der Waals surface area contributed by atoms with Crippen LogP contribution in [0.4, 0.5) is 0 Å². The lowest BCUT2D eigenvalue weighted by Gasteiger charge is -2.38. The first-order chi connectivity index (χ1) is 11.6. The summed E-state index contributed by atoms with van der Waals surface area (Å²) in [5, 5.41) is 3.76. The lowest BCUT2D eigenvalue weighted by Crippen LogP contribution is -2.51. The van der Waals surface area contributed by atoms with Crippen LogP contribution in [0.5, 0.6) is 0 Å². The average molecular weight is 332 g/mol. The Morgan fingerprint density at radius 3 is 2.75 bits per heavy atom. The third kappa shape index (κ3) is 5.52. The van der Waals surface area contributed by atoms with Gasteiger partial charge in [0.2, 0.25) is 0 Å². The van der Waals surface area contributed by atoms with Crippen LogP contribution in [0.15, 0.2) is 24.4 Å². The zero-order valence-electron chi connectivity index (χ0n) is 15.2. The minimum atomic E-state index is 0.00899. The van der Waals surface area contributed by atoms with Crippen molar-refractivity contribution in [1.82, 2.24) is 20.1 Å². The van der Waals surface area contributed by atoms with E-state index < -0.39 is 0 Å². The molecule has 5 heteroatoms. The molecular formula is C19H32N4O. The highest BCUT2D eigenvalue weighted by Gasteiger charge is 2.27. The minimum Gasteiger partial charge on any atom is -0.373 e. The summed E-state index contributed by atoms with van der Waals surface area (Å²) < 4.78 is 5.78. The Hall–Kier alpha value is -1.01. The molecule has 0 saturated carbocycles. The molecule has 2 fully saturated rings. The van der Waals surface area contributed by atoms with Gasteiger partial charge in [0.15, 0.2) is 0 Å². The molecule has 1 N–H and O–H groups in total. The molecule has 2 saturated heterocycles. The summed E-state index contributed by atoms with van der Waals surface area (Å²) in [6, 6.07) is 6.84. The molecule has 0 aliphatic carbocycles. The van der Waals surface area contributed by atoms with Gasteiger partial charge in [-0.05, 0) is 38.8 Å². The van der Waals surface area contributed by atoms with Crippen LogP contribution >= 0.6 is 0 Å². The van der Waals surface area contributed by atoms with Crippen LogP contribution in [-0.4, -0.2) is 72.3 Å². The number of nitrogens with one attached hydrogen (secondary N) is 1. The fraction of sp³-hybridized carbons (Fsp3) is 0.737. The van der Waals surface area contributed by atoms with E-state index in [-0.39, 0.29) is 5.60 Å². The topological polar surface area (TPSA) is 40.6 Å². The minimum absolute atomic E-state index is 0.00899. The van der Waals surface area contributed by atoms with E-state index in [1.807, 2.05) is 12.3 Å². The third-order valence-electron chi connectivity index (χ3n) is 5.07. The molecule has 3 heterocycles. The van der Waals surface area contributed by atoms with Crippen molar-refractivity contribution >= 4 is 0 Å². The summed E-state index contributed by atoms with van der Waals surface area (Å²) in [6.45, 7) is 12.9. The van der Waals surface area contributed by atoms with E-state index >= 15 is 0 Å². The quantitative estimate of drug-likeness (QED) is 0.859. The number of morpholine rings is 1. The summed E-state index contributed by atoms with van der Waals surface area (Å²) in [5.74, 6) is 0. The Labute approximate surface area is 146 Å². The number of piperidine rings is 1. The monoisotopic (exact) mass is 332 g/mol. The highest BCUT2D eigenvalue weighted by Crippen LogP contribution is 2.16. The van der Waals surface area contributed by atoms with Gasteiger partial charge in [0.1, 0.15) is 0 Å². The van der Waals surface area contributed by atoms with Crippen LogP contribution in [0, 0.1) is 0 Å². The van der Waals surface area contributed by atoms with Gasteiger partial charge in [0.25, 0.3) is 0 Å². The first kappa shape index (κ1) is 17.8. The second kappa shape index (κ2) is 8.39. The molecule has 5 nitrogen and oxygen atoms in total. The molecule has 0 atom stereocenters. The molecule has 0 aromatic carbocycles. The zero-order valence-corrected chi connectivity index (χ0v) is 15.2. The number of hydrogen-bond donors (Lipinski definition) is 1. The van der Waals surface area contributed by atoms with E-state index in [9.17, 15) is 0 Å². The first-order valence-electron chi connectivity index (χ1n) is 9.33. The van der Waals surface area contributed by atoms with Gasteiger partial charge in [-0.3, -0.25) is 14.8 Å². The molecule has 1 aromatic heterocycles. The maximum Gasteiger partial charge on any atom is 0.0753 e. The molecule has 0 bridgehead atoms. The van der Waals surface area contributed by atoms with Crippen LogP contribution in [0.3, 0.4) is 0 Å². The molecule has 0 unspecified atom stereocenters. The molecular weight excluding hydrogens is 300 g/mol. The number of hydrogen-bond acceptors (Lipinski definition) is 5. The van der Waals surface area contributed by atoms with Gasteiger partial charge in [-0.25, -0.2) is 0 Å². The fourth-order valence-corrected chi connectivity index (χ4v) is 3.75. The lowest BCUT2D eigenvalue weighted by atomic mass is 10.0. The SMILES string of the molecule is CC1(C)CN(CCNC2CCN(Cc3ccccn3)CC2)CCO1. The molecule has 2 aliphatic heterocycles. The van der Waals surface area contributed by atoms with Crippen molar-refractivity contribution in [1.29, 1.82) is 0 Å². The van der Waals surface area contributed by atoms with Crippen LogP contribution in [0.2, 0.25) is 0 Å². The summed E-state index contributed by atoms with van der Waals surface area (Å²) in [6.07, 6.45) is 4.36. The largest absolute Gasteiger partial charge is 0.373 e. The van der Waals surface area contributed by atoms with Crippen molar-refractivity contribution in [2.75, 3.05) is 45.9 Å². The number of pyridine rings is 1. The summed E-state index contributed by atoms with van der Waals surface area (Å²) in [5.41, 5.74) is 1.19. The summed E-state index contributed by atoms with van der Waals surface area (Å²) >= 11 is 0. The van der Waals surface area contributed by atoms with E-state index in [2.05, 4.69) is 46.1 Å². The van der Waals surface area contributed by atoms with Gasteiger partial charge < -0.3 is 10.1 Å². The van der Waals surface area contributed by atoms with Crippen molar-refractivity contribution in [2.24, 2.45) is 0 Å². The lowest BCUT2D eigenvalue weighted by molar-refractivity contribution is -0.0855. The number of ether oxygens (including phenoxy) is 1. The second-order valence-corrected chi connectivity index (χ2v) is 7.71. The van der Waals surface area contributed by atoms with E-state index in [0.717, 1.165) is 39.3 Å². The summed E-state index contributed by atoms with van der Waals surface area (Å²) in [7, 11) is 0. The third-order valence-corrected chi connectivity index (χ3v) is 5.07. The molecule has 3 rings (SSSR count). The molecule has 24 heavy (non-hydrogen) atoms. The van der Waals surface area contributed by atoms with E-state index in [1.165, 1.54) is 31.6 Å². The van der Waals surface area contributed by atoms with Gasteiger partial charge in [-0.15, -0.1) is 0 Å². The molecule has 1 aromatic rings. The van der Waals surface area contributed by atoms with Gasteiger partial charge in [0.05, 0.1) is 17.9 Å². The van der Waals surface area contributed by atoms with E-state index in [0.29, 0.717) is 6.04 Å². The van der Waals surface area contributed by atoms with Crippen molar-refractivity contribution in [3.63, 3.8) is 0 Å². The van der Waals surface area contributed by atoms with Crippen molar-refractivity contribution in [3.8, 4) is 0 Å². The highest BCUT2D eigenvalue weighted by atomic mass is 16.5. The second-order valence-electron chi connectivity index (χ2n) is 7.71. The summed E-state index contributed by atoms with van der Waals surface area (Å²) in [4.78, 5) is 9.47. The van der Waals surface area contributed by atoms with Gasteiger partial charge in [-0.1, -0.05) is 6.07 Å². The van der Waals surface area contributed by atoms with Gasteiger partial charge in [0, 0.05) is 58.1 Å². The number of aromatic nitrogens is 1. The normalized spacial score (nSPS) is 23.4. The van der Waals surface area contributed by atoms with Crippen molar-refractivity contribution < 1.29 is 4.74 Å². The van der Waals surface area contributed by atoms with Crippen LogP contribution in [0.25, 0.3) is 0 Å².